The van der Waals surface area contributed by atoms with Gasteiger partial charge in [-0.2, -0.15) is 18.3 Å². The second-order valence-electron chi connectivity index (χ2n) is 8.46. The van der Waals surface area contributed by atoms with Gasteiger partial charge in [0.15, 0.2) is 5.82 Å². The largest absolute Gasteiger partial charge is 0.433 e. The van der Waals surface area contributed by atoms with Crippen LogP contribution in [0.2, 0.25) is 0 Å². The monoisotopic (exact) mass is 473 g/mol. The van der Waals surface area contributed by atoms with Gasteiger partial charge in [0, 0.05) is 32.4 Å². The van der Waals surface area contributed by atoms with Crippen LogP contribution >= 0.6 is 0 Å². The first-order valence-electron chi connectivity index (χ1n) is 11.1. The molecular weight excluding hydrogens is 447 g/mol. The Morgan fingerprint density at radius 3 is 2.59 bits per heavy atom. The Hall–Kier alpha value is -3.50. The van der Waals surface area contributed by atoms with Crippen molar-refractivity contribution in [1.82, 2.24) is 24.7 Å². The molecule has 8 nitrogen and oxygen atoms in total. The number of aryl methyl sites for hydroxylation is 5. The number of carbonyl (C=O) groups excluding carboxylic acids is 1. The summed E-state index contributed by atoms with van der Waals surface area (Å²) in [4.78, 5) is 26.6. The van der Waals surface area contributed by atoms with E-state index in [9.17, 15) is 18.0 Å². The molecule has 1 atom stereocenters. The molecule has 1 amide bonds. The van der Waals surface area contributed by atoms with Crippen molar-refractivity contribution in [3.63, 3.8) is 0 Å². The molecule has 3 aromatic rings. The molecule has 4 rings (SSSR count). The van der Waals surface area contributed by atoms with E-state index in [1.165, 1.54) is 12.3 Å². The predicted octanol–water partition coefficient (Wildman–Crippen LogP) is 3.59. The Kier molecular flexibility index (Phi) is 6.54. The van der Waals surface area contributed by atoms with Crippen LogP contribution in [0.1, 0.15) is 41.7 Å². The van der Waals surface area contributed by atoms with E-state index in [0.29, 0.717) is 37.3 Å². The van der Waals surface area contributed by atoms with Gasteiger partial charge >= 0.3 is 6.18 Å². The number of aromatic nitrogens is 5. The number of carbonyl (C=O) groups is 1. The number of rotatable bonds is 7. The van der Waals surface area contributed by atoms with Crippen LogP contribution in [0.5, 0.6) is 0 Å². The summed E-state index contributed by atoms with van der Waals surface area (Å²) < 4.78 is 39.7. The number of fused-ring (bicyclic) bond motifs is 1. The lowest BCUT2D eigenvalue weighted by atomic mass is 10.1. The van der Waals surface area contributed by atoms with E-state index in [2.05, 4.69) is 25.4 Å². The zero-order valence-corrected chi connectivity index (χ0v) is 19.2. The van der Waals surface area contributed by atoms with Crippen molar-refractivity contribution in [2.24, 2.45) is 0 Å². The highest BCUT2D eigenvalue weighted by molar-refractivity contribution is 6.02. The van der Waals surface area contributed by atoms with Crippen LogP contribution in [0.4, 0.5) is 24.7 Å². The summed E-state index contributed by atoms with van der Waals surface area (Å²) in [7, 11) is 1.85. The Bertz CT molecular complexity index is 1170. The molecule has 34 heavy (non-hydrogen) atoms. The molecule has 0 radical (unpaired) electrons. The van der Waals surface area contributed by atoms with Gasteiger partial charge in [-0.15, -0.1) is 0 Å². The molecule has 0 bridgehead atoms. The average Bonchev–Trinajstić information content (AvgIpc) is 3.24. The number of halogens is 3. The summed E-state index contributed by atoms with van der Waals surface area (Å²) in [6, 6.07) is 2.18. The Balaban J connectivity index is 1.31. The summed E-state index contributed by atoms with van der Waals surface area (Å²) in [5.41, 5.74) is 2.32. The highest BCUT2D eigenvalue weighted by atomic mass is 19.4. The molecule has 0 aromatic carbocycles. The fourth-order valence-corrected chi connectivity index (χ4v) is 3.81. The van der Waals surface area contributed by atoms with E-state index in [1.807, 2.05) is 36.7 Å². The maximum Gasteiger partial charge on any atom is 0.433 e. The van der Waals surface area contributed by atoms with E-state index >= 15 is 0 Å². The smallest absolute Gasteiger partial charge is 0.346 e. The third kappa shape index (κ3) is 5.18. The number of anilines is 2. The Morgan fingerprint density at radius 2 is 1.88 bits per heavy atom. The molecule has 1 aliphatic heterocycles. The summed E-state index contributed by atoms with van der Waals surface area (Å²) >= 11 is 0. The number of amides is 1. The second kappa shape index (κ2) is 9.40. The maximum absolute atomic E-state index is 12.6. The normalized spacial score (nSPS) is 15.9. The number of hydrogen-bond acceptors (Lipinski definition) is 6. The van der Waals surface area contributed by atoms with E-state index in [-0.39, 0.29) is 11.9 Å². The SMILES string of the molecule is Cc1nc(CCc2cnn(CCCc3ccc(C(F)(F)F)nc3)c2)nc2c1NC(=O)[C@H](C)N2C. The lowest BCUT2D eigenvalue weighted by molar-refractivity contribution is -0.141. The second-order valence-corrected chi connectivity index (χ2v) is 8.46. The lowest BCUT2D eigenvalue weighted by Crippen LogP contribution is -2.45. The summed E-state index contributed by atoms with van der Waals surface area (Å²) in [6.45, 7) is 4.34. The number of hydrogen-bond donors (Lipinski definition) is 1. The summed E-state index contributed by atoms with van der Waals surface area (Å²) in [6.07, 6.45) is 3.32. The number of alkyl halides is 3. The first-order chi connectivity index (χ1) is 16.1. The van der Waals surface area contributed by atoms with Crippen molar-refractivity contribution < 1.29 is 18.0 Å². The van der Waals surface area contributed by atoms with Crippen molar-refractivity contribution in [2.45, 2.75) is 58.3 Å². The van der Waals surface area contributed by atoms with E-state index in [1.54, 1.807) is 6.20 Å². The zero-order valence-electron chi connectivity index (χ0n) is 19.2. The van der Waals surface area contributed by atoms with Crippen molar-refractivity contribution in [3.05, 3.63) is 59.1 Å². The van der Waals surface area contributed by atoms with Gasteiger partial charge in [-0.05, 0) is 50.3 Å². The van der Waals surface area contributed by atoms with Gasteiger partial charge in [-0.25, -0.2) is 9.97 Å². The standard InChI is InChI=1S/C23H26F3N7O/c1-14-20-21(32(3)15(2)22(34)31-20)30-19(29-14)9-7-17-12-28-33(13-17)10-4-5-16-6-8-18(27-11-16)23(24,25)26/h6,8,11-13,15H,4-5,7,9-10H2,1-3H3,(H,31,34)/t15-/m0/s1. The van der Waals surface area contributed by atoms with Gasteiger partial charge in [-0.1, -0.05) is 6.07 Å². The molecule has 0 saturated heterocycles. The Labute approximate surface area is 195 Å². The molecule has 4 heterocycles. The molecule has 0 aliphatic carbocycles. The molecule has 180 valence electrons. The van der Waals surface area contributed by atoms with E-state index < -0.39 is 11.9 Å². The molecular formula is C23H26F3N7O. The minimum Gasteiger partial charge on any atom is -0.346 e. The topological polar surface area (TPSA) is 88.8 Å². The first-order valence-corrected chi connectivity index (χ1v) is 11.1. The molecule has 0 unspecified atom stereocenters. The summed E-state index contributed by atoms with van der Waals surface area (Å²) in [5.74, 6) is 1.36. The lowest BCUT2D eigenvalue weighted by Gasteiger charge is -2.32. The number of likely N-dealkylation sites (N-methyl/N-ethyl adjacent to an activating group) is 1. The van der Waals surface area contributed by atoms with Gasteiger partial charge in [0.05, 0.1) is 11.9 Å². The molecule has 0 saturated carbocycles. The van der Waals surface area contributed by atoms with Crippen LogP contribution in [-0.4, -0.2) is 43.7 Å². The molecule has 0 fully saturated rings. The van der Waals surface area contributed by atoms with Gasteiger partial charge < -0.3 is 10.2 Å². The van der Waals surface area contributed by atoms with Crippen LogP contribution in [0.15, 0.2) is 30.7 Å². The fraction of sp³-hybridized carbons (Fsp3) is 0.435. The van der Waals surface area contributed by atoms with Crippen LogP contribution in [0.25, 0.3) is 0 Å². The minimum absolute atomic E-state index is 0.0727. The third-order valence-corrected chi connectivity index (χ3v) is 5.95. The molecule has 11 heteroatoms. The van der Waals surface area contributed by atoms with Crippen molar-refractivity contribution in [1.29, 1.82) is 0 Å². The summed E-state index contributed by atoms with van der Waals surface area (Å²) in [5, 5.41) is 7.26. The number of nitrogens with zero attached hydrogens (tertiary/aromatic N) is 6. The average molecular weight is 474 g/mol. The van der Waals surface area contributed by atoms with Crippen LogP contribution in [-0.2, 0) is 36.8 Å². The van der Waals surface area contributed by atoms with E-state index in [4.69, 9.17) is 0 Å². The predicted molar refractivity (Wildman–Crippen MR) is 120 cm³/mol. The highest BCUT2D eigenvalue weighted by Crippen LogP contribution is 2.31. The number of pyridine rings is 1. The van der Waals surface area contributed by atoms with Crippen molar-refractivity contribution >= 4 is 17.4 Å². The molecule has 3 aromatic heterocycles. The van der Waals surface area contributed by atoms with Crippen molar-refractivity contribution in [3.8, 4) is 0 Å². The van der Waals surface area contributed by atoms with Crippen molar-refractivity contribution in [2.75, 3.05) is 17.3 Å². The van der Waals surface area contributed by atoms with Crippen LogP contribution in [0.3, 0.4) is 0 Å². The highest BCUT2D eigenvalue weighted by Gasteiger charge is 2.32. The zero-order chi connectivity index (χ0) is 24.5. The molecule has 0 spiro atoms. The van der Waals surface area contributed by atoms with Crippen LogP contribution in [0, 0.1) is 6.92 Å². The van der Waals surface area contributed by atoms with Gasteiger partial charge in [0.2, 0.25) is 5.91 Å². The minimum atomic E-state index is -4.42. The number of nitrogens with one attached hydrogen (secondary N) is 1. The molecule has 1 aliphatic rings. The maximum atomic E-state index is 12.6. The van der Waals surface area contributed by atoms with Gasteiger partial charge in [0.25, 0.3) is 0 Å². The third-order valence-electron chi connectivity index (χ3n) is 5.95. The van der Waals surface area contributed by atoms with Crippen LogP contribution < -0.4 is 10.2 Å². The molecule has 1 N–H and O–H groups in total. The quantitative estimate of drug-likeness (QED) is 0.564. The Morgan fingerprint density at radius 1 is 1.09 bits per heavy atom. The van der Waals surface area contributed by atoms with Gasteiger partial charge in [-0.3, -0.25) is 14.5 Å². The first kappa shape index (κ1) is 23.7. The fourth-order valence-electron chi connectivity index (χ4n) is 3.81. The van der Waals surface area contributed by atoms with E-state index in [0.717, 1.165) is 35.1 Å². The van der Waals surface area contributed by atoms with Gasteiger partial charge in [0.1, 0.15) is 23.2 Å².